The number of aromatic nitrogens is 1. The van der Waals surface area contributed by atoms with Gasteiger partial charge in [0, 0.05) is 32.0 Å². The van der Waals surface area contributed by atoms with E-state index in [-0.39, 0.29) is 5.91 Å². The van der Waals surface area contributed by atoms with E-state index in [1.165, 1.54) is 5.56 Å². The van der Waals surface area contributed by atoms with Crippen molar-refractivity contribution in [3.63, 3.8) is 0 Å². The van der Waals surface area contributed by atoms with E-state index in [1.54, 1.807) is 19.5 Å². The zero-order chi connectivity index (χ0) is 18.1. The summed E-state index contributed by atoms with van der Waals surface area (Å²) in [6.07, 6.45) is 4.19. The van der Waals surface area contributed by atoms with Crippen molar-refractivity contribution in [1.82, 2.24) is 15.2 Å². The largest absolute Gasteiger partial charge is 0.497 e. The number of rotatable bonds is 9. The zero-order valence-electron chi connectivity index (χ0n) is 15.1. The first-order chi connectivity index (χ1) is 12.1. The maximum atomic E-state index is 12.1. The normalized spacial score (nSPS) is 10.6. The Bertz CT molecular complexity index is 671. The number of nitrogens with zero attached hydrogens (tertiary/aromatic N) is 2. The van der Waals surface area contributed by atoms with Gasteiger partial charge in [-0.25, -0.2) is 0 Å². The molecule has 1 heterocycles. The van der Waals surface area contributed by atoms with Gasteiger partial charge in [0.25, 0.3) is 5.91 Å². The molecule has 0 aliphatic carbocycles. The van der Waals surface area contributed by atoms with Crippen molar-refractivity contribution in [2.75, 3.05) is 46.2 Å². The molecule has 2 rings (SSSR count). The second kappa shape index (κ2) is 9.64. The summed E-state index contributed by atoms with van der Waals surface area (Å²) in [6.45, 7) is 2.18. The first-order valence-corrected chi connectivity index (χ1v) is 8.33. The van der Waals surface area contributed by atoms with E-state index in [0.717, 1.165) is 30.9 Å². The lowest BCUT2D eigenvalue weighted by Gasteiger charge is -2.11. The monoisotopic (exact) mass is 342 g/mol. The molecule has 6 nitrogen and oxygen atoms in total. The Kier molecular flexibility index (Phi) is 7.22. The highest BCUT2D eigenvalue weighted by molar-refractivity contribution is 5.94. The summed E-state index contributed by atoms with van der Waals surface area (Å²) in [7, 11) is 5.61. The molecule has 25 heavy (non-hydrogen) atoms. The van der Waals surface area contributed by atoms with Crippen molar-refractivity contribution in [3.05, 3.63) is 53.9 Å². The number of carbonyl (C=O) groups is 1. The fourth-order valence-electron chi connectivity index (χ4n) is 2.30. The molecule has 0 saturated carbocycles. The Labute approximate surface area is 149 Å². The topological polar surface area (TPSA) is 66.5 Å². The van der Waals surface area contributed by atoms with Crippen molar-refractivity contribution >= 4 is 11.6 Å². The highest BCUT2D eigenvalue weighted by Crippen LogP contribution is 2.12. The third-order valence-corrected chi connectivity index (χ3v) is 3.75. The molecule has 1 amide bonds. The first-order valence-electron chi connectivity index (χ1n) is 8.33. The van der Waals surface area contributed by atoms with Gasteiger partial charge < -0.3 is 20.3 Å². The van der Waals surface area contributed by atoms with E-state index in [1.807, 2.05) is 49.3 Å². The minimum absolute atomic E-state index is 0.104. The minimum atomic E-state index is -0.104. The molecule has 0 aliphatic rings. The lowest BCUT2D eigenvalue weighted by Crippen LogP contribution is -2.31. The highest BCUT2D eigenvalue weighted by atomic mass is 16.5. The smallest absolute Gasteiger partial charge is 0.252 e. The number of carbonyl (C=O) groups excluding carboxylic acids is 1. The number of ether oxygens (including phenoxy) is 1. The van der Waals surface area contributed by atoms with Gasteiger partial charge in [-0.2, -0.15) is 0 Å². The standard InChI is InChI=1S/C19H26N4O2/c1-23(2)11-10-22-19(24)16-12-17(14-20-13-16)21-9-8-15-4-6-18(25-3)7-5-15/h4-7,12-14,21H,8-11H2,1-3H3,(H,22,24). The molecule has 2 N–H and O–H groups in total. The lowest BCUT2D eigenvalue weighted by atomic mass is 10.1. The van der Waals surface area contributed by atoms with Crippen molar-refractivity contribution in [3.8, 4) is 5.75 Å². The zero-order valence-corrected chi connectivity index (χ0v) is 15.1. The Morgan fingerprint density at radius 2 is 1.92 bits per heavy atom. The van der Waals surface area contributed by atoms with E-state index < -0.39 is 0 Å². The summed E-state index contributed by atoms with van der Waals surface area (Å²) in [5.41, 5.74) is 2.63. The van der Waals surface area contributed by atoms with Crippen LogP contribution in [0.2, 0.25) is 0 Å². The summed E-state index contributed by atoms with van der Waals surface area (Å²) in [6, 6.07) is 9.83. The average Bonchev–Trinajstić information content (AvgIpc) is 2.62. The van der Waals surface area contributed by atoms with Crippen LogP contribution in [0.25, 0.3) is 0 Å². The van der Waals surface area contributed by atoms with Crippen molar-refractivity contribution in [2.45, 2.75) is 6.42 Å². The molecule has 0 bridgehead atoms. The van der Waals surface area contributed by atoms with E-state index in [4.69, 9.17) is 4.74 Å². The van der Waals surface area contributed by atoms with Crippen LogP contribution in [0.4, 0.5) is 5.69 Å². The molecule has 0 spiro atoms. The van der Waals surface area contributed by atoms with Crippen LogP contribution in [0.1, 0.15) is 15.9 Å². The number of pyridine rings is 1. The van der Waals surface area contributed by atoms with Crippen LogP contribution >= 0.6 is 0 Å². The molecule has 6 heteroatoms. The Morgan fingerprint density at radius 3 is 2.60 bits per heavy atom. The van der Waals surface area contributed by atoms with Gasteiger partial charge in [-0.3, -0.25) is 9.78 Å². The van der Waals surface area contributed by atoms with Gasteiger partial charge in [-0.15, -0.1) is 0 Å². The number of anilines is 1. The number of nitrogens with one attached hydrogen (secondary N) is 2. The predicted octanol–water partition coefficient (Wildman–Crippen LogP) is 2.04. The summed E-state index contributed by atoms with van der Waals surface area (Å²) in [5, 5.41) is 6.20. The van der Waals surface area contributed by atoms with Crippen molar-refractivity contribution in [1.29, 1.82) is 0 Å². The van der Waals surface area contributed by atoms with Crippen molar-refractivity contribution in [2.24, 2.45) is 0 Å². The molecule has 1 aromatic heterocycles. The summed E-state index contributed by atoms with van der Waals surface area (Å²) < 4.78 is 5.16. The molecule has 0 atom stereocenters. The Morgan fingerprint density at radius 1 is 1.16 bits per heavy atom. The highest BCUT2D eigenvalue weighted by Gasteiger charge is 2.06. The molecule has 0 saturated heterocycles. The molecule has 0 unspecified atom stereocenters. The van der Waals surface area contributed by atoms with Gasteiger partial charge in [0.15, 0.2) is 0 Å². The van der Waals surface area contributed by atoms with Gasteiger partial charge in [-0.05, 0) is 44.3 Å². The quantitative estimate of drug-likeness (QED) is 0.730. The summed E-state index contributed by atoms with van der Waals surface area (Å²) >= 11 is 0. The molecule has 2 aromatic rings. The Hall–Kier alpha value is -2.60. The predicted molar refractivity (Wildman–Crippen MR) is 100 cm³/mol. The van der Waals surface area contributed by atoms with Crippen LogP contribution in [0.5, 0.6) is 5.75 Å². The second-order valence-corrected chi connectivity index (χ2v) is 6.05. The molecule has 0 fully saturated rings. The van der Waals surface area contributed by atoms with E-state index in [2.05, 4.69) is 15.6 Å². The van der Waals surface area contributed by atoms with Crippen LogP contribution in [0.15, 0.2) is 42.7 Å². The molecule has 0 aliphatic heterocycles. The van der Waals surface area contributed by atoms with Crippen LogP contribution in [0, 0.1) is 0 Å². The Balaban J connectivity index is 1.82. The third kappa shape index (κ3) is 6.43. The van der Waals surface area contributed by atoms with Crippen LogP contribution in [0.3, 0.4) is 0 Å². The minimum Gasteiger partial charge on any atom is -0.497 e. The number of amides is 1. The van der Waals surface area contributed by atoms with Crippen LogP contribution in [-0.2, 0) is 6.42 Å². The lowest BCUT2D eigenvalue weighted by molar-refractivity contribution is 0.0950. The second-order valence-electron chi connectivity index (χ2n) is 6.05. The molecule has 1 aromatic carbocycles. The molecule has 0 radical (unpaired) electrons. The number of hydrogen-bond donors (Lipinski definition) is 2. The van der Waals surface area contributed by atoms with Gasteiger partial charge in [0.2, 0.25) is 0 Å². The maximum absolute atomic E-state index is 12.1. The summed E-state index contributed by atoms with van der Waals surface area (Å²) in [5.74, 6) is 0.752. The number of hydrogen-bond acceptors (Lipinski definition) is 5. The van der Waals surface area contributed by atoms with E-state index in [9.17, 15) is 4.79 Å². The number of methoxy groups -OCH3 is 1. The molecular weight excluding hydrogens is 316 g/mol. The third-order valence-electron chi connectivity index (χ3n) is 3.75. The number of benzene rings is 1. The first kappa shape index (κ1) is 18.7. The van der Waals surface area contributed by atoms with Crippen molar-refractivity contribution < 1.29 is 9.53 Å². The number of likely N-dealkylation sites (N-methyl/N-ethyl adjacent to an activating group) is 1. The van der Waals surface area contributed by atoms with Crippen LogP contribution < -0.4 is 15.4 Å². The van der Waals surface area contributed by atoms with Gasteiger partial charge in [0.1, 0.15) is 5.75 Å². The van der Waals surface area contributed by atoms with Gasteiger partial charge in [-0.1, -0.05) is 12.1 Å². The molecular formula is C19H26N4O2. The van der Waals surface area contributed by atoms with Gasteiger partial charge >= 0.3 is 0 Å². The van der Waals surface area contributed by atoms with Crippen LogP contribution in [-0.4, -0.2) is 56.6 Å². The van der Waals surface area contributed by atoms with E-state index >= 15 is 0 Å². The average molecular weight is 342 g/mol. The van der Waals surface area contributed by atoms with E-state index in [0.29, 0.717) is 12.1 Å². The fraction of sp³-hybridized carbons (Fsp3) is 0.368. The maximum Gasteiger partial charge on any atom is 0.252 e. The molecule has 134 valence electrons. The summed E-state index contributed by atoms with van der Waals surface area (Å²) in [4.78, 5) is 18.3. The fourth-order valence-corrected chi connectivity index (χ4v) is 2.30. The van der Waals surface area contributed by atoms with Gasteiger partial charge in [0.05, 0.1) is 18.4 Å². The SMILES string of the molecule is COc1ccc(CCNc2cncc(C(=O)NCCN(C)C)c2)cc1.